The lowest BCUT2D eigenvalue weighted by Crippen LogP contribution is -2.31. The van der Waals surface area contributed by atoms with Gasteiger partial charge in [-0.3, -0.25) is 0 Å². The molecule has 0 amide bonds. The van der Waals surface area contributed by atoms with Gasteiger partial charge in [-0.2, -0.15) is 0 Å². The summed E-state index contributed by atoms with van der Waals surface area (Å²) in [6.45, 7) is 2.01. The van der Waals surface area contributed by atoms with Crippen molar-refractivity contribution in [1.29, 1.82) is 0 Å². The Labute approximate surface area is 53.6 Å². The molecule has 0 aromatic rings. The summed E-state index contributed by atoms with van der Waals surface area (Å²) in [5, 5.41) is -0.908. The van der Waals surface area contributed by atoms with E-state index in [1.165, 1.54) is 7.11 Å². The van der Waals surface area contributed by atoms with Crippen LogP contribution in [0.2, 0.25) is 0 Å². The summed E-state index contributed by atoms with van der Waals surface area (Å²) >= 11 is 0. The number of ether oxygens (including phenoxy) is 1. The molecule has 0 N–H and O–H groups in total. The number of methoxy groups -OCH3 is 1. The zero-order valence-electron chi connectivity index (χ0n) is 5.48. The molecule has 0 spiro atoms. The second kappa shape index (κ2) is 3.18. The van der Waals surface area contributed by atoms with Gasteiger partial charge in [0.05, 0.1) is 15.7 Å². The van der Waals surface area contributed by atoms with Gasteiger partial charge in [0.15, 0.2) is 0 Å². The lowest BCUT2D eigenvalue weighted by atomic mass is 9.63. The molecular formula is C5H10B2O. The molecule has 0 aliphatic rings. The maximum absolute atomic E-state index is 5.38. The molecule has 0 bridgehead atoms. The molecule has 0 rings (SSSR count). The van der Waals surface area contributed by atoms with Crippen LogP contribution in [0, 0.1) is 0 Å². The molecule has 0 saturated carbocycles. The highest BCUT2D eigenvalue weighted by Gasteiger charge is 2.12. The van der Waals surface area contributed by atoms with Crippen LogP contribution in [0.25, 0.3) is 0 Å². The third-order valence-electron chi connectivity index (χ3n) is 1.02. The van der Waals surface area contributed by atoms with Crippen molar-refractivity contribution >= 4 is 15.7 Å². The summed E-state index contributed by atoms with van der Waals surface area (Å²) in [5.41, 5.74) is 0. The van der Waals surface area contributed by atoms with Gasteiger partial charge in [0.25, 0.3) is 0 Å². The van der Waals surface area contributed by atoms with E-state index >= 15 is 0 Å². The lowest BCUT2D eigenvalue weighted by molar-refractivity contribution is 0.124. The van der Waals surface area contributed by atoms with Gasteiger partial charge in [-0.05, 0) is 11.8 Å². The fraction of sp³-hybridized carbons (Fsp3) is 1.00. The van der Waals surface area contributed by atoms with Crippen molar-refractivity contribution in [2.45, 2.75) is 25.2 Å². The molecule has 4 radical (unpaired) electrons. The molecule has 0 atom stereocenters. The van der Waals surface area contributed by atoms with Crippen molar-refractivity contribution in [3.05, 3.63) is 0 Å². The van der Waals surface area contributed by atoms with E-state index in [0.717, 1.165) is 6.42 Å². The zero-order valence-corrected chi connectivity index (χ0v) is 5.48. The topological polar surface area (TPSA) is 9.23 Å². The van der Waals surface area contributed by atoms with Gasteiger partial charge in [-0.1, -0.05) is 13.3 Å². The third-order valence-corrected chi connectivity index (χ3v) is 1.02. The van der Waals surface area contributed by atoms with Crippen LogP contribution in [0.4, 0.5) is 0 Å². The molecule has 42 valence electrons. The lowest BCUT2D eigenvalue weighted by Gasteiger charge is -2.22. The Morgan fingerprint density at radius 3 is 2.12 bits per heavy atom. The summed E-state index contributed by atoms with van der Waals surface area (Å²) in [5.74, 6) is 0. The number of hydrogen-bond donors (Lipinski definition) is 0. The second-order valence-electron chi connectivity index (χ2n) is 1.91. The minimum Gasteiger partial charge on any atom is -0.397 e. The summed E-state index contributed by atoms with van der Waals surface area (Å²) in [4.78, 5) is 0. The van der Waals surface area contributed by atoms with E-state index in [2.05, 4.69) is 0 Å². The van der Waals surface area contributed by atoms with Crippen molar-refractivity contribution in [3.63, 3.8) is 0 Å². The minimum atomic E-state index is -0.908. The first-order valence-corrected chi connectivity index (χ1v) is 2.75. The van der Waals surface area contributed by atoms with E-state index in [9.17, 15) is 0 Å². The van der Waals surface area contributed by atoms with Crippen molar-refractivity contribution in [1.82, 2.24) is 0 Å². The Hall–Kier alpha value is 0.0899. The largest absolute Gasteiger partial charge is 0.397 e. The minimum absolute atomic E-state index is 0.698. The number of rotatable bonds is 3. The molecule has 0 heterocycles. The molecule has 0 unspecified atom stereocenters. The SMILES string of the molecule is [B]C([B])(CCC)OC. The van der Waals surface area contributed by atoms with Gasteiger partial charge in [0, 0.05) is 7.11 Å². The van der Waals surface area contributed by atoms with E-state index < -0.39 is 5.40 Å². The fourth-order valence-electron chi connectivity index (χ4n) is 0.493. The maximum Gasteiger partial charge on any atom is 0.0993 e. The Balaban J connectivity index is 3.37. The first-order chi connectivity index (χ1) is 3.62. The smallest absolute Gasteiger partial charge is 0.0993 e. The van der Waals surface area contributed by atoms with E-state index in [0.29, 0.717) is 6.42 Å². The van der Waals surface area contributed by atoms with E-state index in [4.69, 9.17) is 20.4 Å². The van der Waals surface area contributed by atoms with E-state index in [-0.39, 0.29) is 0 Å². The summed E-state index contributed by atoms with van der Waals surface area (Å²) < 4.78 is 4.73. The molecule has 3 heteroatoms. The Morgan fingerprint density at radius 2 is 2.00 bits per heavy atom. The van der Waals surface area contributed by atoms with Crippen LogP contribution in [-0.4, -0.2) is 28.2 Å². The van der Waals surface area contributed by atoms with Crippen molar-refractivity contribution in [2.24, 2.45) is 0 Å². The van der Waals surface area contributed by atoms with Gasteiger partial charge in [-0.25, -0.2) is 0 Å². The summed E-state index contributed by atoms with van der Waals surface area (Å²) in [7, 11) is 12.3. The van der Waals surface area contributed by atoms with Crippen LogP contribution in [0.3, 0.4) is 0 Å². The predicted octanol–water partition coefficient (Wildman–Crippen LogP) is 0.424. The van der Waals surface area contributed by atoms with Crippen molar-refractivity contribution in [2.75, 3.05) is 7.11 Å². The highest BCUT2D eigenvalue weighted by Crippen LogP contribution is 2.06. The summed E-state index contributed by atoms with van der Waals surface area (Å²) in [6, 6.07) is 0. The Bertz CT molecular complexity index is 63.4. The zero-order chi connectivity index (χ0) is 6.62. The van der Waals surface area contributed by atoms with Crippen LogP contribution in [0.15, 0.2) is 0 Å². The van der Waals surface area contributed by atoms with Crippen LogP contribution in [-0.2, 0) is 4.74 Å². The Kier molecular flexibility index (Phi) is 3.22. The molecule has 0 fully saturated rings. The van der Waals surface area contributed by atoms with Crippen LogP contribution in [0.1, 0.15) is 19.8 Å². The van der Waals surface area contributed by atoms with Crippen molar-refractivity contribution < 1.29 is 4.74 Å². The van der Waals surface area contributed by atoms with Gasteiger partial charge < -0.3 is 4.74 Å². The van der Waals surface area contributed by atoms with Gasteiger partial charge >= 0.3 is 0 Å². The van der Waals surface area contributed by atoms with Gasteiger partial charge in [-0.15, -0.1) is 0 Å². The van der Waals surface area contributed by atoms with Crippen molar-refractivity contribution in [3.8, 4) is 0 Å². The number of hydrogen-bond acceptors (Lipinski definition) is 1. The second-order valence-corrected chi connectivity index (χ2v) is 1.91. The fourth-order valence-corrected chi connectivity index (χ4v) is 0.493. The van der Waals surface area contributed by atoms with E-state index in [1.807, 2.05) is 6.92 Å². The molecule has 0 aliphatic carbocycles. The van der Waals surface area contributed by atoms with E-state index in [1.54, 1.807) is 0 Å². The molecule has 0 aromatic heterocycles. The summed E-state index contributed by atoms with van der Waals surface area (Å²) in [6.07, 6.45) is 1.64. The van der Waals surface area contributed by atoms with Crippen LogP contribution >= 0.6 is 0 Å². The normalized spacial score (nSPS) is 11.8. The highest BCUT2D eigenvalue weighted by molar-refractivity contribution is 6.39. The first kappa shape index (κ1) is 8.09. The quantitative estimate of drug-likeness (QED) is 0.476. The molecule has 1 nitrogen and oxygen atoms in total. The highest BCUT2D eigenvalue weighted by atomic mass is 16.5. The van der Waals surface area contributed by atoms with Crippen LogP contribution < -0.4 is 0 Å². The predicted molar refractivity (Wildman–Crippen MR) is 36.2 cm³/mol. The maximum atomic E-state index is 5.38. The van der Waals surface area contributed by atoms with Gasteiger partial charge in [0.1, 0.15) is 0 Å². The van der Waals surface area contributed by atoms with Crippen LogP contribution in [0.5, 0.6) is 0 Å². The molecule has 0 saturated heterocycles. The Morgan fingerprint density at radius 1 is 1.50 bits per heavy atom. The monoisotopic (exact) mass is 108 g/mol. The molecular weight excluding hydrogens is 97.7 g/mol. The standard InChI is InChI=1S/C5H10B2O/c1-3-4-5(6,7)8-2/h3-4H2,1-2H3. The molecule has 0 aromatic carbocycles. The average molecular weight is 108 g/mol. The third kappa shape index (κ3) is 3.14. The molecule has 8 heavy (non-hydrogen) atoms. The first-order valence-electron chi connectivity index (χ1n) is 2.75. The van der Waals surface area contributed by atoms with Gasteiger partial charge in [0.2, 0.25) is 0 Å². The average Bonchev–Trinajstić information content (AvgIpc) is 1.67. The molecule has 0 aliphatic heterocycles.